The van der Waals surface area contributed by atoms with Crippen LogP contribution in [0.25, 0.3) is 11.5 Å². The van der Waals surface area contributed by atoms with E-state index in [0.717, 1.165) is 16.9 Å². The summed E-state index contributed by atoms with van der Waals surface area (Å²) in [5.41, 5.74) is 2.90. The van der Waals surface area contributed by atoms with Crippen molar-refractivity contribution < 1.29 is 18.7 Å². The zero-order valence-corrected chi connectivity index (χ0v) is 17.7. The number of aromatic nitrogens is 2. The molecule has 0 saturated carbocycles. The normalized spacial score (nSPS) is 10.5. The van der Waals surface area contributed by atoms with E-state index in [1.807, 2.05) is 73.7 Å². The summed E-state index contributed by atoms with van der Waals surface area (Å²) in [6.45, 7) is 2.34. The first-order valence-corrected chi connectivity index (χ1v) is 10.3. The van der Waals surface area contributed by atoms with Crippen molar-refractivity contribution in [2.75, 3.05) is 18.5 Å². The maximum absolute atomic E-state index is 12.3. The van der Waals surface area contributed by atoms with Crippen molar-refractivity contribution in [1.29, 1.82) is 0 Å². The third-order valence-corrected chi connectivity index (χ3v) is 4.65. The summed E-state index contributed by atoms with van der Waals surface area (Å²) in [6.07, 6.45) is 0.716. The lowest BCUT2D eigenvalue weighted by Crippen LogP contribution is -2.20. The Kier molecular flexibility index (Phi) is 6.77. The number of carbonyl (C=O) groups is 1. The van der Waals surface area contributed by atoms with Crippen molar-refractivity contribution in [3.63, 3.8) is 0 Å². The summed E-state index contributed by atoms with van der Waals surface area (Å²) in [7, 11) is 0. The Labute approximate surface area is 186 Å². The summed E-state index contributed by atoms with van der Waals surface area (Å²) in [4.78, 5) is 12.3. The van der Waals surface area contributed by atoms with Crippen LogP contribution in [-0.2, 0) is 11.2 Å². The molecule has 3 aromatic carbocycles. The van der Waals surface area contributed by atoms with Gasteiger partial charge < -0.3 is 13.9 Å². The quantitative estimate of drug-likeness (QED) is 0.413. The fourth-order valence-electron chi connectivity index (χ4n) is 3.16. The van der Waals surface area contributed by atoms with Gasteiger partial charge in [-0.3, -0.25) is 10.1 Å². The minimum atomic E-state index is -0.388. The average molecular weight is 429 g/mol. The van der Waals surface area contributed by atoms with Crippen LogP contribution in [0.3, 0.4) is 0 Å². The Bertz CT molecular complexity index is 1160. The zero-order valence-electron chi connectivity index (χ0n) is 17.7. The van der Waals surface area contributed by atoms with Gasteiger partial charge in [0.15, 0.2) is 6.61 Å². The molecular formula is C25H23N3O4. The largest absolute Gasteiger partial charge is 0.494 e. The van der Waals surface area contributed by atoms with E-state index in [9.17, 15) is 4.79 Å². The summed E-state index contributed by atoms with van der Waals surface area (Å²) in [6, 6.07) is 25.0. The first-order valence-electron chi connectivity index (χ1n) is 10.3. The molecular weight excluding hydrogens is 406 g/mol. The van der Waals surface area contributed by atoms with Crippen LogP contribution in [0.1, 0.15) is 18.1 Å². The molecule has 0 unspecified atom stereocenters. The van der Waals surface area contributed by atoms with Gasteiger partial charge in [0.2, 0.25) is 5.89 Å². The number of nitrogens with zero attached hydrogens (tertiary/aromatic N) is 2. The number of carbonyl (C=O) groups excluding carboxylic acids is 1. The minimum absolute atomic E-state index is 0.0139. The van der Waals surface area contributed by atoms with Crippen LogP contribution in [0, 0.1) is 0 Å². The third-order valence-electron chi connectivity index (χ3n) is 4.65. The number of amides is 1. The molecule has 0 saturated heterocycles. The Morgan fingerprint density at radius 3 is 2.44 bits per heavy atom. The summed E-state index contributed by atoms with van der Waals surface area (Å²) in [5, 5.41) is 10.4. The van der Waals surface area contributed by atoms with E-state index in [4.69, 9.17) is 13.9 Å². The molecule has 1 aromatic heterocycles. The van der Waals surface area contributed by atoms with Crippen molar-refractivity contribution >= 4 is 11.9 Å². The summed E-state index contributed by atoms with van der Waals surface area (Å²) < 4.78 is 16.7. The highest BCUT2D eigenvalue weighted by Gasteiger charge is 2.13. The number of hydrogen-bond acceptors (Lipinski definition) is 6. The Morgan fingerprint density at radius 2 is 1.66 bits per heavy atom. The molecule has 0 bridgehead atoms. The van der Waals surface area contributed by atoms with E-state index in [1.54, 1.807) is 0 Å². The molecule has 0 aliphatic rings. The van der Waals surface area contributed by atoms with Crippen molar-refractivity contribution in [3.8, 4) is 23.0 Å². The fourth-order valence-corrected chi connectivity index (χ4v) is 3.16. The maximum Gasteiger partial charge on any atom is 0.322 e. The molecule has 0 atom stereocenters. The molecule has 4 rings (SSSR count). The van der Waals surface area contributed by atoms with E-state index in [2.05, 4.69) is 27.6 Å². The second-order valence-corrected chi connectivity index (χ2v) is 6.98. The molecule has 1 amide bonds. The van der Waals surface area contributed by atoms with Crippen molar-refractivity contribution in [1.82, 2.24) is 10.2 Å². The van der Waals surface area contributed by atoms with Crippen molar-refractivity contribution in [2.24, 2.45) is 0 Å². The van der Waals surface area contributed by atoms with Crippen LogP contribution >= 0.6 is 0 Å². The van der Waals surface area contributed by atoms with Crippen LogP contribution in [0.2, 0.25) is 0 Å². The standard InChI is InChI=1S/C25H23N3O4/c1-2-30-21-14-12-19(13-15-21)24-27-28-25(32-24)26-23(29)17-31-22-11-7-6-10-20(22)16-18-8-4-3-5-9-18/h3-15H,2,16-17H2,1H3,(H,26,28,29). The fraction of sp³-hybridized carbons (Fsp3) is 0.160. The van der Waals surface area contributed by atoms with Gasteiger partial charge in [-0.25, -0.2) is 0 Å². The lowest BCUT2D eigenvalue weighted by atomic mass is 10.0. The molecule has 0 aliphatic carbocycles. The van der Waals surface area contributed by atoms with Gasteiger partial charge in [0.05, 0.1) is 6.61 Å². The van der Waals surface area contributed by atoms with E-state index < -0.39 is 0 Å². The minimum Gasteiger partial charge on any atom is -0.494 e. The second-order valence-electron chi connectivity index (χ2n) is 6.98. The topological polar surface area (TPSA) is 86.5 Å². The van der Waals surface area contributed by atoms with Gasteiger partial charge in [-0.05, 0) is 48.4 Å². The molecule has 162 valence electrons. The highest BCUT2D eigenvalue weighted by atomic mass is 16.5. The molecule has 0 aliphatic heterocycles. The van der Waals surface area contributed by atoms with Crippen LogP contribution < -0.4 is 14.8 Å². The average Bonchev–Trinajstić information content (AvgIpc) is 3.28. The van der Waals surface area contributed by atoms with E-state index in [1.165, 1.54) is 5.56 Å². The zero-order chi connectivity index (χ0) is 22.2. The summed E-state index contributed by atoms with van der Waals surface area (Å²) in [5.74, 6) is 1.33. The van der Waals surface area contributed by atoms with E-state index >= 15 is 0 Å². The van der Waals surface area contributed by atoms with Gasteiger partial charge in [-0.1, -0.05) is 53.6 Å². The molecule has 7 heteroatoms. The second kappa shape index (κ2) is 10.3. The van der Waals surface area contributed by atoms with Crippen LogP contribution in [-0.4, -0.2) is 29.3 Å². The maximum atomic E-state index is 12.3. The van der Waals surface area contributed by atoms with Gasteiger partial charge in [-0.15, -0.1) is 5.10 Å². The highest BCUT2D eigenvalue weighted by molar-refractivity contribution is 5.89. The number of benzene rings is 3. The number of rotatable bonds is 9. The van der Waals surface area contributed by atoms with Crippen molar-refractivity contribution in [3.05, 3.63) is 90.0 Å². The van der Waals surface area contributed by atoms with Crippen LogP contribution in [0.5, 0.6) is 11.5 Å². The highest BCUT2D eigenvalue weighted by Crippen LogP contribution is 2.23. The molecule has 1 N–H and O–H groups in total. The predicted molar refractivity (Wildman–Crippen MR) is 121 cm³/mol. The molecule has 7 nitrogen and oxygen atoms in total. The van der Waals surface area contributed by atoms with Crippen LogP contribution in [0.15, 0.2) is 83.3 Å². The molecule has 0 spiro atoms. The number of anilines is 1. The monoisotopic (exact) mass is 429 g/mol. The Morgan fingerprint density at radius 1 is 0.906 bits per heavy atom. The van der Waals surface area contributed by atoms with Gasteiger partial charge in [0, 0.05) is 12.0 Å². The first kappa shape index (κ1) is 21.1. The van der Waals surface area contributed by atoms with Gasteiger partial charge in [-0.2, -0.15) is 0 Å². The van der Waals surface area contributed by atoms with E-state index in [0.29, 0.717) is 24.7 Å². The number of hydrogen-bond donors (Lipinski definition) is 1. The van der Waals surface area contributed by atoms with Gasteiger partial charge in [0.25, 0.3) is 5.91 Å². The predicted octanol–water partition coefficient (Wildman–Crippen LogP) is 4.74. The lowest BCUT2D eigenvalue weighted by Gasteiger charge is -2.11. The number of ether oxygens (including phenoxy) is 2. The smallest absolute Gasteiger partial charge is 0.322 e. The van der Waals surface area contributed by atoms with Crippen molar-refractivity contribution in [2.45, 2.75) is 13.3 Å². The third kappa shape index (κ3) is 5.51. The molecule has 0 radical (unpaired) electrons. The SMILES string of the molecule is CCOc1ccc(-c2nnc(NC(=O)COc3ccccc3Cc3ccccc3)o2)cc1. The molecule has 4 aromatic rings. The van der Waals surface area contributed by atoms with Gasteiger partial charge in [0.1, 0.15) is 11.5 Å². The first-order chi connectivity index (χ1) is 15.7. The number of para-hydroxylation sites is 1. The van der Waals surface area contributed by atoms with E-state index in [-0.39, 0.29) is 18.5 Å². The molecule has 1 heterocycles. The molecule has 32 heavy (non-hydrogen) atoms. The Hall–Kier alpha value is -4.13. The lowest BCUT2D eigenvalue weighted by molar-refractivity contribution is -0.118. The molecule has 0 fully saturated rings. The Balaban J connectivity index is 1.34. The number of nitrogens with one attached hydrogen (secondary N) is 1. The summed E-state index contributed by atoms with van der Waals surface area (Å²) >= 11 is 0. The van der Waals surface area contributed by atoms with Gasteiger partial charge >= 0.3 is 6.01 Å². The van der Waals surface area contributed by atoms with Crippen LogP contribution in [0.4, 0.5) is 6.01 Å².